The summed E-state index contributed by atoms with van der Waals surface area (Å²) < 4.78 is 5.45. The van der Waals surface area contributed by atoms with Crippen LogP contribution in [0.25, 0.3) is 11.4 Å². The van der Waals surface area contributed by atoms with Gasteiger partial charge in [-0.15, -0.1) is 0 Å². The van der Waals surface area contributed by atoms with Crippen LogP contribution in [0, 0.1) is 6.92 Å². The highest BCUT2D eigenvalue weighted by Gasteiger charge is 2.19. The molecule has 0 bridgehead atoms. The molecule has 0 radical (unpaired) electrons. The van der Waals surface area contributed by atoms with Gasteiger partial charge in [-0.1, -0.05) is 52.7 Å². The molecule has 27 heavy (non-hydrogen) atoms. The maximum Gasteiger partial charge on any atom is 0.241 e. The molecular weight excluding hydrogens is 362 g/mol. The Bertz CT molecular complexity index is 870. The van der Waals surface area contributed by atoms with Crippen molar-refractivity contribution in [3.05, 3.63) is 64.8 Å². The minimum absolute atomic E-state index is 0.535. The molecule has 0 saturated carbocycles. The van der Waals surface area contributed by atoms with Crippen LogP contribution in [-0.4, -0.2) is 51.1 Å². The monoisotopic (exact) mass is 383 g/mol. The second-order valence-corrected chi connectivity index (χ2v) is 7.31. The van der Waals surface area contributed by atoms with Crippen molar-refractivity contribution < 1.29 is 4.52 Å². The number of pyridine rings is 1. The van der Waals surface area contributed by atoms with Gasteiger partial charge in [-0.05, 0) is 18.6 Å². The normalized spacial score (nSPS) is 15.9. The molecule has 0 unspecified atom stereocenters. The summed E-state index contributed by atoms with van der Waals surface area (Å²) in [6.45, 7) is 7.61. The molecule has 0 amide bonds. The lowest BCUT2D eigenvalue weighted by molar-refractivity contribution is 0.112. The second-order valence-electron chi connectivity index (χ2n) is 6.92. The van der Waals surface area contributed by atoms with Gasteiger partial charge in [0.05, 0.1) is 6.54 Å². The van der Waals surface area contributed by atoms with Crippen LogP contribution in [0.3, 0.4) is 0 Å². The van der Waals surface area contributed by atoms with Crippen molar-refractivity contribution in [1.82, 2.24) is 24.9 Å². The summed E-state index contributed by atoms with van der Waals surface area (Å²) in [5.41, 5.74) is 3.39. The van der Waals surface area contributed by atoms with Gasteiger partial charge in [0.15, 0.2) is 0 Å². The van der Waals surface area contributed by atoms with E-state index in [1.807, 2.05) is 30.5 Å². The third-order valence-corrected chi connectivity index (χ3v) is 5.02. The molecule has 1 aromatic carbocycles. The Morgan fingerprint density at radius 2 is 1.67 bits per heavy atom. The van der Waals surface area contributed by atoms with E-state index >= 15 is 0 Å². The summed E-state index contributed by atoms with van der Waals surface area (Å²) in [6, 6.07) is 12.0. The largest absolute Gasteiger partial charge is 0.338 e. The Morgan fingerprint density at radius 3 is 2.33 bits per heavy atom. The summed E-state index contributed by atoms with van der Waals surface area (Å²) >= 11 is 5.85. The third-order valence-electron chi connectivity index (χ3n) is 4.80. The lowest BCUT2D eigenvalue weighted by atomic mass is 10.1. The molecule has 6 nitrogen and oxygen atoms in total. The van der Waals surface area contributed by atoms with Crippen molar-refractivity contribution in [1.29, 1.82) is 0 Å². The van der Waals surface area contributed by atoms with Crippen LogP contribution in [0.15, 0.2) is 47.1 Å². The van der Waals surface area contributed by atoms with E-state index in [0.717, 1.165) is 38.3 Å². The van der Waals surface area contributed by atoms with Crippen molar-refractivity contribution in [2.24, 2.45) is 0 Å². The molecule has 1 aliphatic heterocycles. The Kier molecular flexibility index (Phi) is 5.48. The molecule has 3 aromatic rings. The first kappa shape index (κ1) is 18.1. The molecular formula is C20H22ClN5O. The SMILES string of the molecule is Cc1ccc(-c2noc(CN3CCN(Cc4ccc(Cl)nc4)CC3)n2)cc1. The first-order valence-corrected chi connectivity index (χ1v) is 9.48. The van der Waals surface area contributed by atoms with Crippen molar-refractivity contribution in [2.75, 3.05) is 26.2 Å². The number of hydrogen-bond acceptors (Lipinski definition) is 6. The van der Waals surface area contributed by atoms with Gasteiger partial charge >= 0.3 is 0 Å². The van der Waals surface area contributed by atoms with Gasteiger partial charge in [0.25, 0.3) is 0 Å². The number of piperazine rings is 1. The van der Waals surface area contributed by atoms with E-state index < -0.39 is 0 Å². The fourth-order valence-electron chi connectivity index (χ4n) is 3.19. The first-order valence-electron chi connectivity index (χ1n) is 9.10. The van der Waals surface area contributed by atoms with Crippen molar-refractivity contribution in [3.8, 4) is 11.4 Å². The zero-order chi connectivity index (χ0) is 18.6. The zero-order valence-corrected chi connectivity index (χ0v) is 16.1. The van der Waals surface area contributed by atoms with E-state index in [1.165, 1.54) is 11.1 Å². The van der Waals surface area contributed by atoms with Crippen LogP contribution >= 0.6 is 11.6 Å². The van der Waals surface area contributed by atoms with E-state index in [2.05, 4.69) is 44.0 Å². The molecule has 0 N–H and O–H groups in total. The van der Waals surface area contributed by atoms with Gasteiger partial charge in [0.1, 0.15) is 5.15 Å². The van der Waals surface area contributed by atoms with Gasteiger partial charge in [-0.25, -0.2) is 4.98 Å². The van der Waals surface area contributed by atoms with Gasteiger partial charge in [0.2, 0.25) is 11.7 Å². The Hall–Kier alpha value is -2.28. The van der Waals surface area contributed by atoms with Crippen LogP contribution in [-0.2, 0) is 13.1 Å². The average molecular weight is 384 g/mol. The van der Waals surface area contributed by atoms with Crippen LogP contribution in [0.2, 0.25) is 5.15 Å². The molecule has 2 aromatic heterocycles. The molecule has 1 fully saturated rings. The highest BCUT2D eigenvalue weighted by molar-refractivity contribution is 6.29. The first-order chi connectivity index (χ1) is 13.2. The minimum atomic E-state index is 0.535. The maximum atomic E-state index is 5.85. The number of halogens is 1. The van der Waals surface area contributed by atoms with E-state index in [-0.39, 0.29) is 0 Å². The molecule has 4 rings (SSSR count). The molecule has 0 aliphatic carbocycles. The van der Waals surface area contributed by atoms with E-state index in [0.29, 0.717) is 23.4 Å². The van der Waals surface area contributed by atoms with Crippen molar-refractivity contribution >= 4 is 11.6 Å². The van der Waals surface area contributed by atoms with Crippen LogP contribution in [0.5, 0.6) is 0 Å². The number of rotatable bonds is 5. The Balaban J connectivity index is 1.29. The Labute approximate surface area is 163 Å². The van der Waals surface area contributed by atoms with E-state index in [4.69, 9.17) is 16.1 Å². The molecule has 0 spiro atoms. The summed E-state index contributed by atoms with van der Waals surface area (Å²) in [7, 11) is 0. The molecule has 7 heteroatoms. The number of nitrogens with zero attached hydrogens (tertiary/aromatic N) is 5. The van der Waals surface area contributed by atoms with E-state index in [9.17, 15) is 0 Å². The van der Waals surface area contributed by atoms with Gasteiger partial charge in [-0.3, -0.25) is 9.80 Å². The van der Waals surface area contributed by atoms with Gasteiger partial charge < -0.3 is 4.52 Å². The van der Waals surface area contributed by atoms with Gasteiger partial charge in [-0.2, -0.15) is 4.98 Å². The summed E-state index contributed by atoms with van der Waals surface area (Å²) in [6.07, 6.45) is 1.85. The lowest BCUT2D eigenvalue weighted by Crippen LogP contribution is -2.45. The summed E-state index contributed by atoms with van der Waals surface area (Å²) in [5.74, 6) is 1.32. The molecule has 0 atom stereocenters. The molecule has 1 saturated heterocycles. The fourth-order valence-corrected chi connectivity index (χ4v) is 3.31. The number of aromatic nitrogens is 3. The van der Waals surface area contributed by atoms with Crippen molar-refractivity contribution in [3.63, 3.8) is 0 Å². The molecule has 140 valence electrons. The third kappa shape index (κ3) is 4.71. The van der Waals surface area contributed by atoms with Crippen LogP contribution in [0.4, 0.5) is 0 Å². The van der Waals surface area contributed by atoms with E-state index in [1.54, 1.807) is 0 Å². The second kappa shape index (κ2) is 8.17. The highest BCUT2D eigenvalue weighted by Crippen LogP contribution is 2.17. The summed E-state index contributed by atoms with van der Waals surface area (Å²) in [5, 5.41) is 4.65. The standard InChI is InChI=1S/C20H22ClN5O/c1-15-2-5-17(6-3-15)20-23-19(27-24-20)14-26-10-8-25(9-11-26)13-16-4-7-18(21)22-12-16/h2-7,12H,8-11,13-14H2,1H3. The number of aryl methyl sites for hydroxylation is 1. The smallest absolute Gasteiger partial charge is 0.241 e. The van der Waals surface area contributed by atoms with Crippen LogP contribution in [0.1, 0.15) is 17.0 Å². The highest BCUT2D eigenvalue weighted by atomic mass is 35.5. The predicted octanol–water partition coefficient (Wildman–Crippen LogP) is 3.41. The van der Waals surface area contributed by atoms with Crippen LogP contribution < -0.4 is 0 Å². The minimum Gasteiger partial charge on any atom is -0.338 e. The summed E-state index contributed by atoms with van der Waals surface area (Å²) in [4.78, 5) is 13.5. The molecule has 3 heterocycles. The average Bonchev–Trinajstić information content (AvgIpc) is 3.14. The zero-order valence-electron chi connectivity index (χ0n) is 15.3. The lowest BCUT2D eigenvalue weighted by Gasteiger charge is -2.33. The number of benzene rings is 1. The maximum absolute atomic E-state index is 5.85. The van der Waals surface area contributed by atoms with Gasteiger partial charge in [0, 0.05) is 44.5 Å². The quantitative estimate of drug-likeness (QED) is 0.629. The Morgan fingerprint density at radius 1 is 0.963 bits per heavy atom. The van der Waals surface area contributed by atoms with Crippen molar-refractivity contribution in [2.45, 2.75) is 20.0 Å². The molecule has 1 aliphatic rings. The fraction of sp³-hybridized carbons (Fsp3) is 0.350. The topological polar surface area (TPSA) is 58.3 Å². The predicted molar refractivity (Wildman–Crippen MR) is 104 cm³/mol. The number of hydrogen-bond donors (Lipinski definition) is 0.